The van der Waals surface area contributed by atoms with Crippen LogP contribution in [-0.2, 0) is 14.8 Å². The van der Waals surface area contributed by atoms with Crippen LogP contribution in [0.4, 0.5) is 11.4 Å². The molecule has 9 nitrogen and oxygen atoms in total. The highest BCUT2D eigenvalue weighted by molar-refractivity contribution is 7.89. The first-order chi connectivity index (χ1) is 14.3. The van der Waals surface area contributed by atoms with Gasteiger partial charge in [-0.1, -0.05) is 13.8 Å². The number of non-ortho nitro benzene ring substituents is 1. The van der Waals surface area contributed by atoms with Crippen molar-refractivity contribution in [2.45, 2.75) is 44.0 Å². The second-order valence-corrected chi connectivity index (χ2v) is 10.3. The molecule has 0 radical (unpaired) electrons. The van der Waals surface area contributed by atoms with Gasteiger partial charge < -0.3 is 10.1 Å². The lowest BCUT2D eigenvalue weighted by Crippen LogP contribution is -2.41. The molecule has 1 aromatic carbocycles. The van der Waals surface area contributed by atoms with Crippen molar-refractivity contribution in [3.05, 3.63) is 28.3 Å². The van der Waals surface area contributed by atoms with E-state index in [4.69, 9.17) is 4.74 Å². The topological polar surface area (TPSA) is 105 Å². The zero-order valence-electron chi connectivity index (χ0n) is 17.7. The summed E-state index contributed by atoms with van der Waals surface area (Å²) in [5, 5.41) is 14.6. The van der Waals surface area contributed by atoms with Gasteiger partial charge in [0.25, 0.3) is 5.69 Å². The number of hydrogen-bond donors (Lipinski definition) is 1. The third kappa shape index (κ3) is 5.48. The van der Waals surface area contributed by atoms with Crippen LogP contribution in [0.3, 0.4) is 0 Å². The largest absolute Gasteiger partial charge is 0.382 e. The first kappa shape index (κ1) is 22.9. The summed E-state index contributed by atoms with van der Waals surface area (Å²) < 4.78 is 33.1. The number of nitrogens with one attached hydrogen (secondary N) is 1. The number of ether oxygens (including phenoxy) is 1. The summed E-state index contributed by atoms with van der Waals surface area (Å²) in [6, 6.07) is 4.33. The standard InChI is InChI=1S/C20H32N4O5S/c1-16(2)13-18(22-7-3-4-8-22)15-21-19-6-5-17(24(25)26)14-20(19)30(27,28)23-9-11-29-12-10-23/h5-6,14,16,18,21H,3-4,7-13,15H2,1-2H3/t18-/m0/s1. The van der Waals surface area contributed by atoms with Gasteiger partial charge in [0.05, 0.1) is 23.8 Å². The van der Waals surface area contributed by atoms with E-state index in [0.29, 0.717) is 37.4 Å². The molecule has 2 saturated heterocycles. The predicted octanol–water partition coefficient (Wildman–Crippen LogP) is 2.54. The van der Waals surface area contributed by atoms with E-state index in [0.717, 1.165) is 19.5 Å². The molecule has 2 fully saturated rings. The number of benzene rings is 1. The van der Waals surface area contributed by atoms with Crippen molar-refractivity contribution in [2.24, 2.45) is 5.92 Å². The lowest BCUT2D eigenvalue weighted by atomic mass is 10.0. The van der Waals surface area contributed by atoms with Crippen LogP contribution in [0.1, 0.15) is 33.1 Å². The fourth-order valence-corrected chi connectivity index (χ4v) is 5.75. The van der Waals surface area contributed by atoms with Gasteiger partial charge >= 0.3 is 0 Å². The number of nitro groups is 1. The minimum Gasteiger partial charge on any atom is -0.382 e. The number of sulfonamides is 1. The maximum atomic E-state index is 13.3. The van der Waals surface area contributed by atoms with E-state index in [1.165, 1.54) is 35.3 Å². The maximum Gasteiger partial charge on any atom is 0.270 e. The maximum absolute atomic E-state index is 13.3. The molecule has 2 heterocycles. The lowest BCUT2D eigenvalue weighted by Gasteiger charge is -2.30. The summed E-state index contributed by atoms with van der Waals surface area (Å²) in [4.78, 5) is 13.1. The average Bonchev–Trinajstić information content (AvgIpc) is 3.26. The van der Waals surface area contributed by atoms with Crippen LogP contribution < -0.4 is 5.32 Å². The molecule has 0 unspecified atom stereocenters. The summed E-state index contributed by atoms with van der Waals surface area (Å²) >= 11 is 0. The summed E-state index contributed by atoms with van der Waals surface area (Å²) in [6.45, 7) is 8.21. The van der Waals surface area contributed by atoms with E-state index in [-0.39, 0.29) is 23.7 Å². The Kier molecular flexibility index (Phi) is 7.67. The van der Waals surface area contributed by atoms with Crippen LogP contribution >= 0.6 is 0 Å². The highest BCUT2D eigenvalue weighted by Gasteiger charge is 2.31. The number of nitro benzene ring substituents is 1. The Bertz CT molecular complexity index is 834. The van der Waals surface area contributed by atoms with Crippen LogP contribution in [-0.4, -0.2) is 74.5 Å². The van der Waals surface area contributed by atoms with Crippen LogP contribution in [0.2, 0.25) is 0 Å². The number of likely N-dealkylation sites (tertiary alicyclic amines) is 1. The van der Waals surface area contributed by atoms with Gasteiger partial charge in [0, 0.05) is 37.8 Å². The molecule has 0 aliphatic carbocycles. The van der Waals surface area contributed by atoms with Crippen LogP contribution in [0, 0.1) is 16.0 Å². The quantitative estimate of drug-likeness (QED) is 0.465. The van der Waals surface area contributed by atoms with Gasteiger partial charge in [-0.05, 0) is 44.3 Å². The number of morpholine rings is 1. The van der Waals surface area contributed by atoms with E-state index in [1.54, 1.807) is 0 Å². The Labute approximate surface area is 178 Å². The molecular weight excluding hydrogens is 408 g/mol. The van der Waals surface area contributed by atoms with Crippen LogP contribution in [0.5, 0.6) is 0 Å². The van der Waals surface area contributed by atoms with Gasteiger partial charge in [-0.3, -0.25) is 15.0 Å². The van der Waals surface area contributed by atoms with Gasteiger partial charge in [-0.25, -0.2) is 8.42 Å². The number of hydrogen-bond acceptors (Lipinski definition) is 7. The van der Waals surface area contributed by atoms with Gasteiger partial charge in [-0.2, -0.15) is 4.31 Å². The molecule has 3 rings (SSSR count). The zero-order chi connectivity index (χ0) is 21.7. The first-order valence-electron chi connectivity index (χ1n) is 10.6. The van der Waals surface area contributed by atoms with Crippen molar-refractivity contribution in [3.63, 3.8) is 0 Å². The third-order valence-electron chi connectivity index (χ3n) is 5.69. The molecule has 168 valence electrons. The van der Waals surface area contributed by atoms with Crippen molar-refractivity contribution < 1.29 is 18.1 Å². The molecule has 0 amide bonds. The predicted molar refractivity (Wildman–Crippen MR) is 115 cm³/mol. The smallest absolute Gasteiger partial charge is 0.270 e. The Hall–Kier alpha value is -1.75. The fraction of sp³-hybridized carbons (Fsp3) is 0.700. The molecule has 1 atom stereocenters. The summed E-state index contributed by atoms with van der Waals surface area (Å²) in [6.07, 6.45) is 3.37. The third-order valence-corrected chi connectivity index (χ3v) is 7.63. The minimum atomic E-state index is -3.87. The Morgan fingerprint density at radius 1 is 1.17 bits per heavy atom. The molecule has 0 aromatic heterocycles. The van der Waals surface area contributed by atoms with Crippen molar-refractivity contribution in [1.82, 2.24) is 9.21 Å². The second-order valence-electron chi connectivity index (χ2n) is 8.36. The Balaban J connectivity index is 1.86. The molecule has 1 N–H and O–H groups in total. The van der Waals surface area contributed by atoms with E-state index in [1.807, 2.05) is 0 Å². The first-order valence-corrected chi connectivity index (χ1v) is 12.1. The summed E-state index contributed by atoms with van der Waals surface area (Å²) in [7, 11) is -3.87. The molecule has 0 bridgehead atoms. The molecule has 30 heavy (non-hydrogen) atoms. The number of anilines is 1. The van der Waals surface area contributed by atoms with Gasteiger partial charge in [0.1, 0.15) is 4.90 Å². The molecule has 0 spiro atoms. The molecule has 0 saturated carbocycles. The van der Waals surface area contributed by atoms with Crippen molar-refractivity contribution in [2.75, 3.05) is 51.3 Å². The average molecular weight is 441 g/mol. The highest BCUT2D eigenvalue weighted by atomic mass is 32.2. The fourth-order valence-electron chi connectivity index (χ4n) is 4.15. The van der Waals surface area contributed by atoms with E-state index in [2.05, 4.69) is 24.1 Å². The zero-order valence-corrected chi connectivity index (χ0v) is 18.6. The lowest BCUT2D eigenvalue weighted by molar-refractivity contribution is -0.385. The van der Waals surface area contributed by atoms with E-state index < -0.39 is 14.9 Å². The Morgan fingerprint density at radius 3 is 2.43 bits per heavy atom. The minimum absolute atomic E-state index is 0.0386. The van der Waals surface area contributed by atoms with Gasteiger partial charge in [-0.15, -0.1) is 0 Å². The van der Waals surface area contributed by atoms with Crippen molar-refractivity contribution >= 4 is 21.4 Å². The van der Waals surface area contributed by atoms with Crippen molar-refractivity contribution in [3.8, 4) is 0 Å². The SMILES string of the molecule is CC(C)C[C@@H](CNc1ccc([N+](=O)[O-])cc1S(=O)(=O)N1CCOCC1)N1CCCC1. The number of rotatable bonds is 9. The molecule has 10 heteroatoms. The van der Waals surface area contributed by atoms with Gasteiger partial charge in [0.2, 0.25) is 10.0 Å². The second kappa shape index (κ2) is 10.0. The monoisotopic (exact) mass is 440 g/mol. The van der Waals surface area contributed by atoms with E-state index in [9.17, 15) is 18.5 Å². The summed E-state index contributed by atoms with van der Waals surface area (Å²) in [5.41, 5.74) is 0.186. The highest BCUT2D eigenvalue weighted by Crippen LogP contribution is 2.30. The normalized spacial score (nSPS) is 19.8. The van der Waals surface area contributed by atoms with Crippen LogP contribution in [0.15, 0.2) is 23.1 Å². The Morgan fingerprint density at radius 2 is 1.83 bits per heavy atom. The molecule has 1 aromatic rings. The van der Waals surface area contributed by atoms with Gasteiger partial charge in [0.15, 0.2) is 0 Å². The molecule has 2 aliphatic rings. The molecular formula is C20H32N4O5S. The van der Waals surface area contributed by atoms with E-state index >= 15 is 0 Å². The van der Waals surface area contributed by atoms with Crippen LogP contribution in [0.25, 0.3) is 0 Å². The van der Waals surface area contributed by atoms with Crippen molar-refractivity contribution in [1.29, 1.82) is 0 Å². The summed E-state index contributed by atoms with van der Waals surface area (Å²) in [5.74, 6) is 0.519. The molecule has 2 aliphatic heterocycles. The number of nitrogens with zero attached hydrogens (tertiary/aromatic N) is 3.